The smallest absolute Gasteiger partial charge is 0.248 e. The minimum absolute atomic E-state index is 0.0769. The molecule has 6 nitrogen and oxygen atoms in total. The van der Waals surface area contributed by atoms with E-state index in [4.69, 9.17) is 10.5 Å². The van der Waals surface area contributed by atoms with Gasteiger partial charge in [-0.15, -0.1) is 0 Å². The van der Waals surface area contributed by atoms with Crippen LogP contribution in [0.1, 0.15) is 67.3 Å². The van der Waals surface area contributed by atoms with Crippen LogP contribution in [-0.2, 0) is 11.2 Å². The molecular weight excluding hydrogens is 402 g/mol. The van der Waals surface area contributed by atoms with Gasteiger partial charge in [0.25, 0.3) is 0 Å². The van der Waals surface area contributed by atoms with Gasteiger partial charge in [-0.3, -0.25) is 9.59 Å². The first-order chi connectivity index (χ1) is 15.6. The predicted molar refractivity (Wildman–Crippen MR) is 127 cm³/mol. The zero-order valence-corrected chi connectivity index (χ0v) is 18.6. The molecule has 32 heavy (non-hydrogen) atoms. The fourth-order valence-corrected chi connectivity index (χ4v) is 4.64. The standard InChI is InChI=1S/C26H33N3O3/c27-26(31)20-12-13-24(29-15-4-1-5-16-29)23(18-20)28-25(30)14-11-19-7-6-10-22(17-19)32-21-8-2-3-9-21/h6-7,10,12-13,17-18,21H,1-5,8-9,11,14-16H2,(H2,27,31)(H,28,30). The quantitative estimate of drug-likeness (QED) is 0.631. The number of primary amides is 1. The van der Waals surface area contributed by atoms with E-state index in [0.717, 1.165) is 55.8 Å². The van der Waals surface area contributed by atoms with Gasteiger partial charge in [-0.25, -0.2) is 0 Å². The molecule has 170 valence electrons. The molecule has 2 fully saturated rings. The first kappa shape index (κ1) is 22.2. The van der Waals surface area contributed by atoms with Crippen LogP contribution in [-0.4, -0.2) is 31.0 Å². The molecular formula is C26H33N3O3. The fraction of sp³-hybridized carbons (Fsp3) is 0.462. The van der Waals surface area contributed by atoms with E-state index in [0.29, 0.717) is 30.2 Å². The average molecular weight is 436 g/mol. The largest absolute Gasteiger partial charge is 0.490 e. The number of piperidine rings is 1. The molecule has 0 bridgehead atoms. The summed E-state index contributed by atoms with van der Waals surface area (Å²) in [6, 6.07) is 13.4. The zero-order chi connectivity index (χ0) is 22.3. The molecule has 0 aromatic heterocycles. The van der Waals surface area contributed by atoms with Gasteiger partial charge in [0.2, 0.25) is 11.8 Å². The third-order valence-electron chi connectivity index (χ3n) is 6.40. The molecule has 1 saturated heterocycles. The van der Waals surface area contributed by atoms with Crippen LogP contribution in [0, 0.1) is 0 Å². The number of amides is 2. The number of carbonyl (C=O) groups is 2. The number of rotatable bonds is 8. The normalized spacial score (nSPS) is 16.7. The van der Waals surface area contributed by atoms with Gasteiger partial charge < -0.3 is 20.7 Å². The van der Waals surface area contributed by atoms with Crippen molar-refractivity contribution in [1.29, 1.82) is 0 Å². The summed E-state index contributed by atoms with van der Waals surface area (Å²) in [5.41, 5.74) is 8.57. The highest BCUT2D eigenvalue weighted by Gasteiger charge is 2.18. The first-order valence-corrected chi connectivity index (χ1v) is 11.8. The number of ether oxygens (including phenoxy) is 1. The van der Waals surface area contributed by atoms with E-state index in [-0.39, 0.29) is 5.91 Å². The highest BCUT2D eigenvalue weighted by molar-refractivity contribution is 5.99. The van der Waals surface area contributed by atoms with Crippen LogP contribution in [0.15, 0.2) is 42.5 Å². The third-order valence-corrected chi connectivity index (χ3v) is 6.40. The van der Waals surface area contributed by atoms with Crippen molar-refractivity contribution in [2.75, 3.05) is 23.3 Å². The summed E-state index contributed by atoms with van der Waals surface area (Å²) in [7, 11) is 0. The molecule has 0 atom stereocenters. The Kier molecular flexibility index (Phi) is 7.30. The molecule has 2 aliphatic rings. The molecule has 2 aromatic rings. The Labute approximate surface area is 190 Å². The van der Waals surface area contributed by atoms with E-state index in [9.17, 15) is 9.59 Å². The average Bonchev–Trinajstić information content (AvgIpc) is 3.31. The predicted octanol–water partition coefficient (Wildman–Crippen LogP) is 4.67. The van der Waals surface area contributed by atoms with Gasteiger partial charge in [0.05, 0.1) is 17.5 Å². The molecule has 1 aliphatic heterocycles. The van der Waals surface area contributed by atoms with Crippen molar-refractivity contribution in [2.24, 2.45) is 5.73 Å². The molecule has 0 spiro atoms. The van der Waals surface area contributed by atoms with Crippen LogP contribution in [0.25, 0.3) is 0 Å². The Balaban J connectivity index is 1.40. The maximum Gasteiger partial charge on any atom is 0.248 e. The molecule has 2 aromatic carbocycles. The number of nitrogens with two attached hydrogens (primary N) is 1. The highest BCUT2D eigenvalue weighted by atomic mass is 16.5. The molecule has 4 rings (SSSR count). The SMILES string of the molecule is NC(=O)c1ccc(N2CCCCC2)c(NC(=O)CCc2cccc(OC3CCCC3)c2)c1. The van der Waals surface area contributed by atoms with E-state index in [1.807, 2.05) is 30.3 Å². The second-order valence-electron chi connectivity index (χ2n) is 8.86. The van der Waals surface area contributed by atoms with Crippen molar-refractivity contribution in [2.45, 2.75) is 63.9 Å². The van der Waals surface area contributed by atoms with Gasteiger partial charge in [-0.05, 0) is 87.3 Å². The van der Waals surface area contributed by atoms with Crippen molar-refractivity contribution in [3.8, 4) is 5.75 Å². The van der Waals surface area contributed by atoms with E-state index >= 15 is 0 Å². The van der Waals surface area contributed by atoms with Crippen LogP contribution in [0.2, 0.25) is 0 Å². The van der Waals surface area contributed by atoms with Gasteiger partial charge in [0, 0.05) is 25.1 Å². The summed E-state index contributed by atoms with van der Waals surface area (Å²) in [5.74, 6) is 0.313. The third kappa shape index (κ3) is 5.81. The number of hydrogen-bond donors (Lipinski definition) is 2. The molecule has 1 aliphatic carbocycles. The Morgan fingerprint density at radius 3 is 2.53 bits per heavy atom. The minimum Gasteiger partial charge on any atom is -0.490 e. The maximum absolute atomic E-state index is 12.8. The Morgan fingerprint density at radius 2 is 1.78 bits per heavy atom. The van der Waals surface area contributed by atoms with Gasteiger partial charge in [0.1, 0.15) is 5.75 Å². The lowest BCUT2D eigenvalue weighted by molar-refractivity contribution is -0.116. The van der Waals surface area contributed by atoms with Crippen molar-refractivity contribution in [3.05, 3.63) is 53.6 Å². The fourth-order valence-electron chi connectivity index (χ4n) is 4.64. The summed E-state index contributed by atoms with van der Waals surface area (Å²) in [5, 5.41) is 3.03. The summed E-state index contributed by atoms with van der Waals surface area (Å²) < 4.78 is 6.09. The van der Waals surface area contributed by atoms with Crippen molar-refractivity contribution in [1.82, 2.24) is 0 Å². The minimum atomic E-state index is -0.496. The number of nitrogens with zero attached hydrogens (tertiary/aromatic N) is 1. The molecule has 2 amide bonds. The summed E-state index contributed by atoms with van der Waals surface area (Å²) in [4.78, 5) is 26.7. The Bertz CT molecular complexity index is 947. The van der Waals surface area contributed by atoms with Gasteiger partial charge in [-0.2, -0.15) is 0 Å². The Morgan fingerprint density at radius 1 is 1.00 bits per heavy atom. The molecule has 0 radical (unpaired) electrons. The van der Waals surface area contributed by atoms with Crippen LogP contribution >= 0.6 is 0 Å². The second-order valence-corrected chi connectivity index (χ2v) is 8.86. The Hall–Kier alpha value is -3.02. The van der Waals surface area contributed by atoms with Crippen LogP contribution in [0.5, 0.6) is 5.75 Å². The molecule has 1 saturated carbocycles. The monoisotopic (exact) mass is 435 g/mol. The number of benzene rings is 2. The number of carbonyl (C=O) groups excluding carboxylic acids is 2. The maximum atomic E-state index is 12.8. The van der Waals surface area contributed by atoms with Gasteiger partial charge >= 0.3 is 0 Å². The van der Waals surface area contributed by atoms with E-state index < -0.39 is 5.91 Å². The number of hydrogen-bond acceptors (Lipinski definition) is 4. The second kappa shape index (κ2) is 10.5. The van der Waals surface area contributed by atoms with Crippen LogP contribution in [0.4, 0.5) is 11.4 Å². The van der Waals surface area contributed by atoms with Crippen molar-refractivity contribution < 1.29 is 14.3 Å². The lowest BCUT2D eigenvalue weighted by atomic mass is 10.1. The lowest BCUT2D eigenvalue weighted by Gasteiger charge is -2.30. The van der Waals surface area contributed by atoms with Gasteiger partial charge in [0.15, 0.2) is 0 Å². The molecule has 0 unspecified atom stereocenters. The molecule has 3 N–H and O–H groups in total. The first-order valence-electron chi connectivity index (χ1n) is 11.8. The molecule has 6 heteroatoms. The van der Waals surface area contributed by atoms with Crippen molar-refractivity contribution >= 4 is 23.2 Å². The zero-order valence-electron chi connectivity index (χ0n) is 18.6. The van der Waals surface area contributed by atoms with E-state index in [1.165, 1.54) is 19.3 Å². The lowest BCUT2D eigenvalue weighted by Crippen LogP contribution is -2.30. The van der Waals surface area contributed by atoms with Crippen molar-refractivity contribution in [3.63, 3.8) is 0 Å². The number of nitrogens with one attached hydrogen (secondary N) is 1. The summed E-state index contributed by atoms with van der Waals surface area (Å²) >= 11 is 0. The highest BCUT2D eigenvalue weighted by Crippen LogP contribution is 2.30. The summed E-state index contributed by atoms with van der Waals surface area (Å²) in [6.07, 6.45) is 9.50. The topological polar surface area (TPSA) is 84.7 Å². The number of anilines is 2. The van der Waals surface area contributed by atoms with E-state index in [1.54, 1.807) is 12.1 Å². The van der Waals surface area contributed by atoms with E-state index in [2.05, 4.69) is 10.2 Å². The molecule has 1 heterocycles. The summed E-state index contributed by atoms with van der Waals surface area (Å²) in [6.45, 7) is 1.90. The van der Waals surface area contributed by atoms with Crippen LogP contribution < -0.4 is 20.7 Å². The number of aryl methyl sites for hydroxylation is 1. The van der Waals surface area contributed by atoms with Crippen LogP contribution in [0.3, 0.4) is 0 Å². The van der Waals surface area contributed by atoms with Gasteiger partial charge in [-0.1, -0.05) is 12.1 Å².